The molecule has 0 saturated heterocycles. The molecule has 0 bridgehead atoms. The molecule has 0 spiro atoms. The summed E-state index contributed by atoms with van der Waals surface area (Å²) in [4.78, 5) is 7.67. The Morgan fingerprint density at radius 1 is 0.339 bits per heavy atom. The van der Waals surface area contributed by atoms with E-state index in [1.807, 2.05) is 0 Å². The van der Waals surface area contributed by atoms with Gasteiger partial charge in [0, 0.05) is 39.8 Å². The molecule has 0 atom stereocenters. The number of nitrogens with zero attached hydrogens (tertiary/aromatic N) is 3. The summed E-state index contributed by atoms with van der Waals surface area (Å²) in [6, 6.07) is 65.0. The highest BCUT2D eigenvalue weighted by Gasteiger charge is 2.54. The molecule has 14 rings (SSSR count). The summed E-state index contributed by atoms with van der Waals surface area (Å²) in [5, 5.41) is 5.06. The number of benzene rings is 9. The minimum absolute atomic E-state index is 0.0206. The van der Waals surface area contributed by atoms with Gasteiger partial charge < -0.3 is 19.4 Å². The Morgan fingerprint density at radius 2 is 0.804 bits per heavy atom. The summed E-state index contributed by atoms with van der Waals surface area (Å²) in [5.74, 6) is 1.81. The van der Waals surface area contributed by atoms with Crippen molar-refractivity contribution in [2.45, 2.75) is 0 Å². The van der Waals surface area contributed by atoms with E-state index >= 15 is 0 Å². The molecule has 0 N–H and O–H groups in total. The first-order valence-corrected chi connectivity index (χ1v) is 19.5. The molecule has 56 heavy (non-hydrogen) atoms. The van der Waals surface area contributed by atoms with Crippen molar-refractivity contribution in [3.8, 4) is 11.5 Å². The van der Waals surface area contributed by atoms with Crippen LogP contribution in [0.4, 0.5) is 51.2 Å². The largest absolute Gasteiger partial charge is 0.453 e. The predicted molar refractivity (Wildman–Crippen MR) is 235 cm³/mol. The molecule has 5 aliphatic heterocycles. The summed E-state index contributed by atoms with van der Waals surface area (Å²) >= 11 is 0. The Hall–Kier alpha value is -7.17. The molecule has 0 saturated carbocycles. The summed E-state index contributed by atoms with van der Waals surface area (Å²) in [6.45, 7) is -0.0413. The first-order chi connectivity index (χ1) is 27.8. The lowest BCUT2D eigenvalue weighted by molar-refractivity contribution is 0.478. The molecule has 9 aromatic rings. The molecular formula is C50H29B2N3O. The third-order valence-corrected chi connectivity index (χ3v) is 13.0. The molecule has 6 heteroatoms. The minimum Gasteiger partial charge on any atom is -0.453 e. The van der Waals surface area contributed by atoms with Crippen molar-refractivity contribution in [2.24, 2.45) is 0 Å². The van der Waals surface area contributed by atoms with Gasteiger partial charge in [-0.15, -0.1) is 0 Å². The molecule has 9 aromatic carbocycles. The monoisotopic (exact) mass is 709 g/mol. The van der Waals surface area contributed by atoms with Crippen molar-refractivity contribution in [3.05, 3.63) is 176 Å². The maximum atomic E-state index is 7.00. The van der Waals surface area contributed by atoms with Crippen LogP contribution in [0.2, 0.25) is 0 Å². The van der Waals surface area contributed by atoms with Crippen molar-refractivity contribution in [1.82, 2.24) is 0 Å². The van der Waals surface area contributed by atoms with Crippen LogP contribution in [0, 0.1) is 0 Å². The molecule has 0 radical (unpaired) electrons. The smallest absolute Gasteiger partial charge is 0.253 e. The van der Waals surface area contributed by atoms with E-state index < -0.39 is 0 Å². The summed E-state index contributed by atoms with van der Waals surface area (Å²) in [6.07, 6.45) is 0. The van der Waals surface area contributed by atoms with Gasteiger partial charge in [-0.3, -0.25) is 0 Å². The summed E-state index contributed by atoms with van der Waals surface area (Å²) in [5.41, 5.74) is 18.7. The van der Waals surface area contributed by atoms with Gasteiger partial charge in [0.15, 0.2) is 11.5 Å². The molecule has 5 heterocycles. The second-order valence-electron chi connectivity index (χ2n) is 15.6. The van der Waals surface area contributed by atoms with Crippen molar-refractivity contribution in [1.29, 1.82) is 0 Å². The van der Waals surface area contributed by atoms with Crippen LogP contribution in [0.25, 0.3) is 21.5 Å². The second kappa shape index (κ2) is 10.3. The van der Waals surface area contributed by atoms with Gasteiger partial charge in [0.05, 0.1) is 11.4 Å². The van der Waals surface area contributed by atoms with Crippen LogP contribution in [0.3, 0.4) is 0 Å². The maximum Gasteiger partial charge on any atom is 0.253 e. The van der Waals surface area contributed by atoms with Crippen molar-refractivity contribution >= 4 is 119 Å². The highest BCUT2D eigenvalue weighted by molar-refractivity contribution is 7.06. The lowest BCUT2D eigenvalue weighted by Crippen LogP contribution is -2.69. The molecule has 0 aliphatic carbocycles. The number of hydrogen-bond donors (Lipinski definition) is 0. The van der Waals surface area contributed by atoms with Gasteiger partial charge in [-0.05, 0) is 109 Å². The van der Waals surface area contributed by atoms with Gasteiger partial charge in [-0.25, -0.2) is 0 Å². The normalized spacial score (nSPS) is 14.4. The molecular weight excluding hydrogens is 680 g/mol. The van der Waals surface area contributed by atoms with Gasteiger partial charge in [-0.2, -0.15) is 0 Å². The fourth-order valence-electron chi connectivity index (χ4n) is 10.9. The zero-order chi connectivity index (χ0) is 36.2. The number of hydrogen-bond acceptors (Lipinski definition) is 4. The average molecular weight is 709 g/mol. The number of ether oxygens (including phenoxy) is 1. The summed E-state index contributed by atoms with van der Waals surface area (Å²) in [7, 11) is 0. The van der Waals surface area contributed by atoms with Gasteiger partial charge in [0.2, 0.25) is 0 Å². The van der Waals surface area contributed by atoms with E-state index in [0.717, 1.165) is 34.2 Å². The van der Waals surface area contributed by atoms with Gasteiger partial charge in [0.1, 0.15) is 0 Å². The first kappa shape index (κ1) is 29.2. The molecule has 5 aliphatic rings. The molecule has 4 nitrogen and oxygen atoms in total. The maximum absolute atomic E-state index is 7.00. The van der Waals surface area contributed by atoms with Gasteiger partial charge in [0.25, 0.3) is 13.4 Å². The number of anilines is 9. The fourth-order valence-corrected chi connectivity index (χ4v) is 10.9. The van der Waals surface area contributed by atoms with E-state index in [2.05, 4.69) is 191 Å². The SMILES string of the molecule is c1ccc(N2c3cc4c5c6c3B(c3cccc7c3N6c3c(cccc3B5c3c(ccc5ccccc35)N4c3ccccc3)O7)c3c2ccc2ccccc32)cc1. The van der Waals surface area contributed by atoms with E-state index in [1.54, 1.807) is 0 Å². The molecule has 0 unspecified atom stereocenters. The molecule has 0 aromatic heterocycles. The number of fused-ring (bicyclic) bond motifs is 10. The topological polar surface area (TPSA) is 19.0 Å². The predicted octanol–water partition coefficient (Wildman–Crippen LogP) is 8.79. The highest BCUT2D eigenvalue weighted by Crippen LogP contribution is 2.56. The van der Waals surface area contributed by atoms with Crippen LogP contribution in [0.1, 0.15) is 0 Å². The van der Waals surface area contributed by atoms with E-state index in [0.29, 0.717) is 0 Å². The van der Waals surface area contributed by atoms with Crippen LogP contribution in [0.15, 0.2) is 176 Å². The Bertz CT molecular complexity index is 3010. The third kappa shape index (κ3) is 3.45. The van der Waals surface area contributed by atoms with Crippen molar-refractivity contribution in [3.63, 3.8) is 0 Å². The van der Waals surface area contributed by atoms with Crippen LogP contribution in [0.5, 0.6) is 11.5 Å². The highest BCUT2D eigenvalue weighted by atomic mass is 16.5. The fraction of sp³-hybridized carbons (Fsp3) is 0. The molecule has 256 valence electrons. The molecule has 0 fully saturated rings. The van der Waals surface area contributed by atoms with Crippen LogP contribution < -0.4 is 52.2 Å². The Labute approximate surface area is 324 Å². The standard InChI is InChI=1S/C50H29B2N3O/c1-3-15-32(16-4-1)53-38-27-25-30-13-7-9-19-34(30)44(38)51-36-21-11-23-42-48(36)55-49-37(22-12-24-43(49)56-42)52-45-35-20-10-8-14-31(35)26-28-39(45)54(33-17-5-2-6-18-33)41-29-40(53)46(51)50(55)47(41)52/h1-29H. The minimum atomic E-state index is -0.0206. The first-order valence-electron chi connectivity index (χ1n) is 19.5. The van der Waals surface area contributed by atoms with Crippen molar-refractivity contribution < 1.29 is 4.74 Å². The number of rotatable bonds is 2. The van der Waals surface area contributed by atoms with Crippen LogP contribution >= 0.6 is 0 Å². The Kier molecular flexibility index (Phi) is 5.38. The van der Waals surface area contributed by atoms with Crippen LogP contribution in [-0.4, -0.2) is 13.4 Å². The second-order valence-corrected chi connectivity index (χ2v) is 15.6. The van der Waals surface area contributed by atoms with Gasteiger partial charge >= 0.3 is 0 Å². The lowest BCUT2D eigenvalue weighted by atomic mass is 9.28. The zero-order valence-corrected chi connectivity index (χ0v) is 30.1. The average Bonchev–Trinajstić information content (AvgIpc) is 3.26. The van der Waals surface area contributed by atoms with E-state index in [4.69, 9.17) is 4.74 Å². The molecule has 0 amide bonds. The van der Waals surface area contributed by atoms with Gasteiger partial charge in [-0.1, -0.05) is 121 Å². The summed E-state index contributed by atoms with van der Waals surface area (Å²) < 4.78 is 7.00. The Morgan fingerprint density at radius 3 is 1.30 bits per heavy atom. The van der Waals surface area contributed by atoms with Crippen LogP contribution in [-0.2, 0) is 0 Å². The van der Waals surface area contributed by atoms with E-state index in [9.17, 15) is 0 Å². The quantitative estimate of drug-likeness (QED) is 0.167. The Balaban J connectivity index is 1.22. The third-order valence-electron chi connectivity index (χ3n) is 13.0. The number of para-hydroxylation sites is 4. The zero-order valence-electron chi connectivity index (χ0n) is 30.1. The van der Waals surface area contributed by atoms with Crippen molar-refractivity contribution in [2.75, 3.05) is 14.7 Å². The van der Waals surface area contributed by atoms with E-state index in [-0.39, 0.29) is 13.4 Å². The van der Waals surface area contributed by atoms with E-state index in [1.165, 1.54) is 82.8 Å². The lowest BCUT2D eigenvalue weighted by Gasteiger charge is -2.52.